The van der Waals surface area contributed by atoms with Crippen LogP contribution in [0.5, 0.6) is 0 Å². The van der Waals surface area contributed by atoms with Gasteiger partial charge < -0.3 is 5.73 Å². The molecule has 1 aromatic rings. The molecule has 2 N–H and O–H groups in total. The van der Waals surface area contributed by atoms with Crippen molar-refractivity contribution in [3.05, 3.63) is 42.0 Å². The van der Waals surface area contributed by atoms with E-state index >= 15 is 0 Å². The van der Waals surface area contributed by atoms with Crippen molar-refractivity contribution >= 4 is 5.57 Å². The number of nitrogens with two attached hydrogens (primary N) is 1. The van der Waals surface area contributed by atoms with Crippen LogP contribution in [0.3, 0.4) is 0 Å². The zero-order valence-corrected chi connectivity index (χ0v) is 9.59. The number of hydrogen-bond donors (Lipinski definition) is 1. The third-order valence-corrected chi connectivity index (χ3v) is 3.59. The van der Waals surface area contributed by atoms with Crippen molar-refractivity contribution in [2.75, 3.05) is 0 Å². The first-order valence-electron chi connectivity index (χ1n) is 5.58. The van der Waals surface area contributed by atoms with E-state index in [-0.39, 0.29) is 11.5 Å². The Bertz CT molecular complexity index is 386. The van der Waals surface area contributed by atoms with Gasteiger partial charge in [-0.05, 0) is 37.8 Å². The van der Waals surface area contributed by atoms with Gasteiger partial charge in [-0.15, -0.1) is 0 Å². The summed E-state index contributed by atoms with van der Waals surface area (Å²) < 4.78 is 0. The molecular formula is C14H19N. The number of allylic oxidation sites excluding steroid dienone is 1. The lowest BCUT2D eigenvalue weighted by Gasteiger charge is -2.20. The molecule has 1 saturated carbocycles. The third kappa shape index (κ3) is 1.72. The van der Waals surface area contributed by atoms with E-state index in [1.165, 1.54) is 24.0 Å². The summed E-state index contributed by atoms with van der Waals surface area (Å²) in [5.41, 5.74) is 10.1. The second-order valence-electron chi connectivity index (χ2n) is 4.81. The van der Waals surface area contributed by atoms with Crippen molar-refractivity contribution in [1.82, 2.24) is 0 Å². The van der Waals surface area contributed by atoms with E-state index in [4.69, 9.17) is 5.73 Å². The van der Waals surface area contributed by atoms with E-state index in [1.807, 2.05) is 6.92 Å². The molecule has 0 amide bonds. The van der Waals surface area contributed by atoms with Gasteiger partial charge in [-0.1, -0.05) is 36.4 Å². The van der Waals surface area contributed by atoms with Gasteiger partial charge in [0, 0.05) is 11.5 Å². The van der Waals surface area contributed by atoms with Gasteiger partial charge in [0.2, 0.25) is 0 Å². The highest BCUT2D eigenvalue weighted by atomic mass is 14.7. The molecule has 0 saturated heterocycles. The molecule has 0 bridgehead atoms. The van der Waals surface area contributed by atoms with Gasteiger partial charge in [-0.3, -0.25) is 0 Å². The Morgan fingerprint density at radius 1 is 1.47 bits per heavy atom. The maximum absolute atomic E-state index is 6.07. The first kappa shape index (κ1) is 10.4. The molecule has 1 aliphatic carbocycles. The normalized spacial score (nSPS) is 19.7. The molecule has 0 aromatic heterocycles. The zero-order chi connectivity index (χ0) is 11.1. The van der Waals surface area contributed by atoms with E-state index in [2.05, 4.69) is 37.8 Å². The van der Waals surface area contributed by atoms with Crippen LogP contribution < -0.4 is 5.73 Å². The minimum atomic E-state index is 0.248. The standard InChI is InChI=1S/C14H19N/c1-10(2)12-5-4-6-13(9-12)14(7-8-14)11(3)15/h4-6,9,11H,1,7-8,15H2,2-3H3. The Morgan fingerprint density at radius 3 is 2.60 bits per heavy atom. The first-order valence-corrected chi connectivity index (χ1v) is 5.58. The predicted octanol–water partition coefficient (Wildman–Crippen LogP) is 3.10. The van der Waals surface area contributed by atoms with Gasteiger partial charge in [0.05, 0.1) is 0 Å². The first-order chi connectivity index (χ1) is 7.06. The number of benzene rings is 1. The second kappa shape index (κ2) is 3.49. The lowest BCUT2D eigenvalue weighted by atomic mass is 9.88. The summed E-state index contributed by atoms with van der Waals surface area (Å²) in [7, 11) is 0. The van der Waals surface area contributed by atoms with Crippen LogP contribution in [0.4, 0.5) is 0 Å². The van der Waals surface area contributed by atoms with Crippen LogP contribution in [-0.4, -0.2) is 6.04 Å². The van der Waals surface area contributed by atoms with Gasteiger partial charge in [-0.25, -0.2) is 0 Å². The Balaban J connectivity index is 2.37. The predicted molar refractivity (Wildman–Crippen MR) is 65.7 cm³/mol. The van der Waals surface area contributed by atoms with Gasteiger partial charge in [0.1, 0.15) is 0 Å². The number of rotatable bonds is 3. The monoisotopic (exact) mass is 201 g/mol. The molecule has 1 aliphatic rings. The largest absolute Gasteiger partial charge is 0.327 e. The minimum Gasteiger partial charge on any atom is -0.327 e. The fraction of sp³-hybridized carbons (Fsp3) is 0.429. The topological polar surface area (TPSA) is 26.0 Å². The van der Waals surface area contributed by atoms with E-state index in [9.17, 15) is 0 Å². The minimum absolute atomic E-state index is 0.248. The summed E-state index contributed by atoms with van der Waals surface area (Å²) in [5.74, 6) is 0. The van der Waals surface area contributed by atoms with Crippen molar-refractivity contribution in [1.29, 1.82) is 0 Å². The molecule has 1 fully saturated rings. The summed E-state index contributed by atoms with van der Waals surface area (Å²) >= 11 is 0. The lowest BCUT2D eigenvalue weighted by Crippen LogP contribution is -2.31. The van der Waals surface area contributed by atoms with Crippen LogP contribution in [0.25, 0.3) is 5.57 Å². The van der Waals surface area contributed by atoms with Crippen molar-refractivity contribution in [2.24, 2.45) is 5.73 Å². The van der Waals surface area contributed by atoms with E-state index < -0.39 is 0 Å². The van der Waals surface area contributed by atoms with E-state index in [0.717, 1.165) is 5.57 Å². The SMILES string of the molecule is C=C(C)c1cccc(C2(C(C)N)CC2)c1. The van der Waals surface area contributed by atoms with E-state index in [0.29, 0.717) is 0 Å². The summed E-state index contributed by atoms with van der Waals surface area (Å²) in [4.78, 5) is 0. The van der Waals surface area contributed by atoms with Crippen molar-refractivity contribution in [3.63, 3.8) is 0 Å². The fourth-order valence-corrected chi connectivity index (χ4v) is 2.24. The molecule has 1 unspecified atom stereocenters. The van der Waals surface area contributed by atoms with Gasteiger partial charge in [0.25, 0.3) is 0 Å². The molecule has 0 radical (unpaired) electrons. The van der Waals surface area contributed by atoms with Crippen LogP contribution in [0.1, 0.15) is 37.8 Å². The van der Waals surface area contributed by atoms with Crippen molar-refractivity contribution in [3.8, 4) is 0 Å². The second-order valence-corrected chi connectivity index (χ2v) is 4.81. The summed E-state index contributed by atoms with van der Waals surface area (Å²) in [6.45, 7) is 8.14. The average molecular weight is 201 g/mol. The molecule has 1 nitrogen and oxygen atoms in total. The third-order valence-electron chi connectivity index (χ3n) is 3.59. The molecule has 0 spiro atoms. The molecule has 1 atom stereocenters. The van der Waals surface area contributed by atoms with Crippen LogP contribution in [0, 0.1) is 0 Å². The van der Waals surface area contributed by atoms with Crippen LogP contribution >= 0.6 is 0 Å². The Kier molecular flexibility index (Phi) is 2.43. The average Bonchev–Trinajstić information content (AvgIpc) is 2.98. The maximum Gasteiger partial charge on any atom is 0.0108 e. The van der Waals surface area contributed by atoms with Gasteiger partial charge in [-0.2, -0.15) is 0 Å². The van der Waals surface area contributed by atoms with Crippen LogP contribution in [0.2, 0.25) is 0 Å². The molecule has 2 rings (SSSR count). The summed E-state index contributed by atoms with van der Waals surface area (Å²) in [6.07, 6.45) is 2.45. The molecule has 80 valence electrons. The molecule has 0 heterocycles. The van der Waals surface area contributed by atoms with Gasteiger partial charge >= 0.3 is 0 Å². The molecule has 15 heavy (non-hydrogen) atoms. The summed E-state index contributed by atoms with van der Waals surface area (Å²) in [5, 5.41) is 0. The lowest BCUT2D eigenvalue weighted by molar-refractivity contribution is 0.556. The van der Waals surface area contributed by atoms with Crippen LogP contribution in [-0.2, 0) is 5.41 Å². The van der Waals surface area contributed by atoms with Crippen molar-refractivity contribution < 1.29 is 0 Å². The highest BCUT2D eigenvalue weighted by Gasteiger charge is 2.47. The van der Waals surface area contributed by atoms with Gasteiger partial charge in [0.15, 0.2) is 0 Å². The highest BCUT2D eigenvalue weighted by Crippen LogP contribution is 2.50. The molecule has 0 aliphatic heterocycles. The maximum atomic E-state index is 6.07. The van der Waals surface area contributed by atoms with Crippen molar-refractivity contribution in [2.45, 2.75) is 38.1 Å². The number of hydrogen-bond acceptors (Lipinski definition) is 1. The fourth-order valence-electron chi connectivity index (χ4n) is 2.24. The zero-order valence-electron chi connectivity index (χ0n) is 9.59. The molecule has 1 aromatic carbocycles. The van der Waals surface area contributed by atoms with E-state index in [1.54, 1.807) is 0 Å². The Labute approximate surface area is 92.0 Å². The summed E-state index contributed by atoms with van der Waals surface area (Å²) in [6, 6.07) is 8.92. The highest BCUT2D eigenvalue weighted by molar-refractivity contribution is 5.62. The molecular weight excluding hydrogens is 182 g/mol. The Hall–Kier alpha value is -1.08. The smallest absolute Gasteiger partial charge is 0.0108 e. The van der Waals surface area contributed by atoms with Crippen LogP contribution in [0.15, 0.2) is 30.8 Å². The quantitative estimate of drug-likeness (QED) is 0.799. The molecule has 1 heteroatoms. The Morgan fingerprint density at radius 2 is 2.13 bits per heavy atom.